The summed E-state index contributed by atoms with van der Waals surface area (Å²) in [5, 5.41) is 2.94. The highest BCUT2D eigenvalue weighted by Gasteiger charge is 2.17. The van der Waals surface area contributed by atoms with Crippen molar-refractivity contribution in [1.29, 1.82) is 0 Å². The highest BCUT2D eigenvalue weighted by molar-refractivity contribution is 5.94. The molecule has 0 saturated carbocycles. The van der Waals surface area contributed by atoms with Crippen molar-refractivity contribution in [2.24, 2.45) is 0 Å². The molecule has 1 amide bonds. The summed E-state index contributed by atoms with van der Waals surface area (Å²) in [6, 6.07) is 14.0. The predicted octanol–water partition coefficient (Wildman–Crippen LogP) is 4.70. The molecule has 0 aromatic heterocycles. The van der Waals surface area contributed by atoms with Crippen LogP contribution in [0.2, 0.25) is 0 Å². The van der Waals surface area contributed by atoms with Crippen molar-refractivity contribution in [3.05, 3.63) is 53.6 Å². The van der Waals surface area contributed by atoms with Crippen LogP contribution in [-0.2, 0) is 4.79 Å². The predicted molar refractivity (Wildman–Crippen MR) is 107 cm³/mol. The first-order chi connectivity index (χ1) is 12.5. The fourth-order valence-corrected chi connectivity index (χ4v) is 3.25. The average molecular weight is 352 g/mol. The molecule has 0 bridgehead atoms. The smallest absolute Gasteiger partial charge is 0.265 e. The molecular formula is C22H28N2O2. The molecular weight excluding hydrogens is 324 g/mol. The molecule has 1 N–H and O–H groups in total. The molecule has 4 nitrogen and oxygen atoms in total. The summed E-state index contributed by atoms with van der Waals surface area (Å²) >= 11 is 0. The Bertz CT molecular complexity index is 749. The van der Waals surface area contributed by atoms with Gasteiger partial charge in [-0.2, -0.15) is 0 Å². The maximum absolute atomic E-state index is 12.5. The number of amides is 1. The van der Waals surface area contributed by atoms with E-state index in [-0.39, 0.29) is 5.91 Å². The van der Waals surface area contributed by atoms with Gasteiger partial charge in [0.05, 0.1) is 0 Å². The van der Waals surface area contributed by atoms with Crippen molar-refractivity contribution in [2.45, 2.75) is 46.1 Å². The third kappa shape index (κ3) is 4.37. The molecule has 1 aliphatic heterocycles. The first kappa shape index (κ1) is 18.3. The molecule has 3 rings (SSSR count). The number of piperidine rings is 1. The van der Waals surface area contributed by atoms with Crippen LogP contribution in [0.4, 0.5) is 11.4 Å². The molecule has 0 radical (unpaired) electrons. The van der Waals surface area contributed by atoms with Gasteiger partial charge in [-0.3, -0.25) is 4.79 Å². The number of benzene rings is 2. The van der Waals surface area contributed by atoms with Gasteiger partial charge in [0.1, 0.15) is 5.75 Å². The van der Waals surface area contributed by atoms with Gasteiger partial charge in [-0.15, -0.1) is 0 Å². The summed E-state index contributed by atoms with van der Waals surface area (Å²) in [7, 11) is 0. The molecule has 26 heavy (non-hydrogen) atoms. The summed E-state index contributed by atoms with van der Waals surface area (Å²) in [6.45, 7) is 8.06. The number of rotatable bonds is 5. The van der Waals surface area contributed by atoms with Crippen LogP contribution in [0.3, 0.4) is 0 Å². The van der Waals surface area contributed by atoms with E-state index in [1.807, 2.05) is 44.2 Å². The van der Waals surface area contributed by atoms with E-state index >= 15 is 0 Å². The fraction of sp³-hybridized carbons (Fsp3) is 0.409. The minimum Gasteiger partial charge on any atom is -0.481 e. The summed E-state index contributed by atoms with van der Waals surface area (Å²) in [6.07, 6.45) is 3.28. The Kier molecular flexibility index (Phi) is 5.82. The molecule has 1 aliphatic rings. The summed E-state index contributed by atoms with van der Waals surface area (Å²) in [5.74, 6) is 0.615. The zero-order valence-corrected chi connectivity index (χ0v) is 15.9. The Morgan fingerprint density at radius 3 is 2.42 bits per heavy atom. The van der Waals surface area contributed by atoms with Gasteiger partial charge in [0.25, 0.3) is 5.91 Å². The maximum atomic E-state index is 12.5. The lowest BCUT2D eigenvalue weighted by atomic mass is 10.1. The van der Waals surface area contributed by atoms with Crippen LogP contribution in [0.1, 0.15) is 37.3 Å². The summed E-state index contributed by atoms with van der Waals surface area (Å²) < 4.78 is 5.86. The summed E-state index contributed by atoms with van der Waals surface area (Å²) in [5.41, 5.74) is 4.25. The number of hydrogen-bond donors (Lipinski definition) is 1. The van der Waals surface area contributed by atoms with Gasteiger partial charge in [-0.05, 0) is 81.5 Å². The molecule has 0 spiro atoms. The van der Waals surface area contributed by atoms with Gasteiger partial charge in [0.15, 0.2) is 6.10 Å². The molecule has 1 saturated heterocycles. The zero-order valence-electron chi connectivity index (χ0n) is 15.9. The molecule has 0 aliphatic carbocycles. The largest absolute Gasteiger partial charge is 0.481 e. The second-order valence-corrected chi connectivity index (χ2v) is 7.04. The van der Waals surface area contributed by atoms with Crippen molar-refractivity contribution < 1.29 is 9.53 Å². The Labute approximate surface area is 156 Å². The Hall–Kier alpha value is -2.49. The number of nitrogens with one attached hydrogen (secondary N) is 1. The molecule has 4 heteroatoms. The van der Waals surface area contributed by atoms with Crippen LogP contribution in [0.25, 0.3) is 0 Å². The van der Waals surface area contributed by atoms with Crippen molar-refractivity contribution in [3.8, 4) is 5.75 Å². The topological polar surface area (TPSA) is 41.6 Å². The van der Waals surface area contributed by atoms with Crippen LogP contribution in [0.15, 0.2) is 42.5 Å². The van der Waals surface area contributed by atoms with Crippen LogP contribution in [0, 0.1) is 13.8 Å². The van der Waals surface area contributed by atoms with E-state index in [9.17, 15) is 4.79 Å². The fourth-order valence-electron chi connectivity index (χ4n) is 3.25. The van der Waals surface area contributed by atoms with E-state index in [1.54, 1.807) is 6.92 Å². The van der Waals surface area contributed by atoms with E-state index in [0.29, 0.717) is 0 Å². The van der Waals surface area contributed by atoms with Crippen LogP contribution in [0.5, 0.6) is 5.75 Å². The highest BCUT2D eigenvalue weighted by Crippen LogP contribution is 2.23. The first-order valence-electron chi connectivity index (χ1n) is 9.43. The SMILES string of the molecule is Cc1cccc(OC(C)C(=O)Nc2ccc(N3CCCCC3)cc2)c1C. The third-order valence-electron chi connectivity index (χ3n) is 5.08. The standard InChI is InChI=1S/C22H28N2O2/c1-16-8-7-9-21(17(16)2)26-18(3)22(25)23-19-10-12-20(13-11-19)24-14-5-4-6-15-24/h7-13,18H,4-6,14-15H2,1-3H3,(H,23,25). The van der Waals surface area contributed by atoms with E-state index < -0.39 is 6.10 Å². The van der Waals surface area contributed by atoms with Gasteiger partial charge in [0.2, 0.25) is 0 Å². The van der Waals surface area contributed by atoms with Gasteiger partial charge < -0.3 is 15.0 Å². The monoisotopic (exact) mass is 352 g/mol. The number of carbonyl (C=O) groups is 1. The van der Waals surface area contributed by atoms with Crippen LogP contribution >= 0.6 is 0 Å². The number of anilines is 2. The maximum Gasteiger partial charge on any atom is 0.265 e. The molecule has 1 unspecified atom stereocenters. The molecule has 1 heterocycles. The molecule has 1 atom stereocenters. The molecule has 2 aromatic carbocycles. The van der Waals surface area contributed by atoms with Gasteiger partial charge in [0, 0.05) is 24.5 Å². The minimum atomic E-state index is -0.558. The molecule has 138 valence electrons. The minimum absolute atomic E-state index is 0.142. The lowest BCUT2D eigenvalue weighted by Crippen LogP contribution is -2.30. The number of hydrogen-bond acceptors (Lipinski definition) is 3. The molecule has 1 fully saturated rings. The van der Waals surface area contributed by atoms with E-state index in [1.165, 1.54) is 24.9 Å². The quantitative estimate of drug-likeness (QED) is 0.848. The lowest BCUT2D eigenvalue weighted by Gasteiger charge is -2.28. The van der Waals surface area contributed by atoms with Gasteiger partial charge in [-0.25, -0.2) is 0 Å². The van der Waals surface area contributed by atoms with Crippen molar-refractivity contribution in [1.82, 2.24) is 0 Å². The van der Waals surface area contributed by atoms with Crippen molar-refractivity contribution >= 4 is 17.3 Å². The number of nitrogens with zero attached hydrogens (tertiary/aromatic N) is 1. The second kappa shape index (κ2) is 8.26. The highest BCUT2D eigenvalue weighted by atomic mass is 16.5. The number of aryl methyl sites for hydroxylation is 1. The van der Waals surface area contributed by atoms with E-state index in [0.717, 1.165) is 35.7 Å². The number of carbonyl (C=O) groups excluding carboxylic acids is 1. The lowest BCUT2D eigenvalue weighted by molar-refractivity contribution is -0.122. The first-order valence-corrected chi connectivity index (χ1v) is 9.43. The number of ether oxygens (including phenoxy) is 1. The average Bonchev–Trinajstić information content (AvgIpc) is 2.66. The third-order valence-corrected chi connectivity index (χ3v) is 5.08. The Morgan fingerprint density at radius 2 is 1.73 bits per heavy atom. The Balaban J connectivity index is 1.59. The van der Waals surface area contributed by atoms with Crippen LogP contribution < -0.4 is 15.0 Å². The van der Waals surface area contributed by atoms with E-state index in [2.05, 4.69) is 22.3 Å². The van der Waals surface area contributed by atoms with Gasteiger partial charge in [-0.1, -0.05) is 12.1 Å². The van der Waals surface area contributed by atoms with Crippen molar-refractivity contribution in [2.75, 3.05) is 23.3 Å². The van der Waals surface area contributed by atoms with E-state index in [4.69, 9.17) is 4.74 Å². The molecule has 2 aromatic rings. The Morgan fingerprint density at radius 1 is 1.04 bits per heavy atom. The van der Waals surface area contributed by atoms with Crippen molar-refractivity contribution in [3.63, 3.8) is 0 Å². The van der Waals surface area contributed by atoms with Gasteiger partial charge >= 0.3 is 0 Å². The summed E-state index contributed by atoms with van der Waals surface area (Å²) in [4.78, 5) is 14.9. The van der Waals surface area contributed by atoms with Crippen LogP contribution in [-0.4, -0.2) is 25.1 Å². The second-order valence-electron chi connectivity index (χ2n) is 7.04. The zero-order chi connectivity index (χ0) is 18.5. The normalized spacial score (nSPS) is 15.4.